The quantitative estimate of drug-likeness (QED) is 0.778. The normalized spacial score (nSPS) is 33.1. The van der Waals surface area contributed by atoms with E-state index in [1.165, 1.54) is 6.42 Å². The van der Waals surface area contributed by atoms with E-state index in [1.54, 1.807) is 19.4 Å². The summed E-state index contributed by atoms with van der Waals surface area (Å²) in [6, 6.07) is 3.70. The Hall–Kier alpha value is -1.88. The first kappa shape index (κ1) is 15.6. The molecule has 0 spiro atoms. The van der Waals surface area contributed by atoms with Gasteiger partial charge < -0.3 is 14.4 Å². The predicted octanol–water partition coefficient (Wildman–Crippen LogP) is 2.28. The highest BCUT2D eigenvalue weighted by atomic mass is 16.5. The summed E-state index contributed by atoms with van der Waals surface area (Å²) < 4.78 is 10.6. The van der Waals surface area contributed by atoms with Crippen molar-refractivity contribution in [2.24, 2.45) is 23.2 Å². The second-order valence-corrected chi connectivity index (χ2v) is 7.48. The maximum absolute atomic E-state index is 12.5. The Morgan fingerprint density at radius 2 is 2.29 bits per heavy atom. The second kappa shape index (κ2) is 5.88. The summed E-state index contributed by atoms with van der Waals surface area (Å²) in [5.74, 6) is 2.63. The predicted molar refractivity (Wildman–Crippen MR) is 89.4 cm³/mol. The van der Waals surface area contributed by atoms with E-state index in [0.29, 0.717) is 30.2 Å². The topological polar surface area (TPSA) is 51.7 Å². The molecule has 2 bridgehead atoms. The van der Waals surface area contributed by atoms with Crippen LogP contribution in [0.5, 0.6) is 5.88 Å². The zero-order chi connectivity index (χ0) is 16.7. The number of allylic oxidation sites excluding steroid dienone is 2. The van der Waals surface area contributed by atoms with Crippen LogP contribution in [-0.4, -0.2) is 42.6 Å². The minimum absolute atomic E-state index is 0.103. The van der Waals surface area contributed by atoms with E-state index >= 15 is 0 Å². The molecule has 1 saturated heterocycles. The van der Waals surface area contributed by atoms with E-state index < -0.39 is 0 Å². The monoisotopic (exact) mass is 328 g/mol. The highest BCUT2D eigenvalue weighted by molar-refractivity contribution is 5.78. The number of pyridine rings is 1. The van der Waals surface area contributed by atoms with Gasteiger partial charge in [-0.3, -0.25) is 4.79 Å². The van der Waals surface area contributed by atoms with Gasteiger partial charge in [-0.05, 0) is 41.2 Å². The molecular formula is C19H24N2O3. The molecule has 0 N–H and O–H groups in total. The number of nitrogens with zero attached hydrogens (tertiary/aromatic N) is 2. The van der Waals surface area contributed by atoms with Crippen molar-refractivity contribution in [2.75, 3.05) is 26.8 Å². The smallest absolute Gasteiger partial charge is 0.248 e. The summed E-state index contributed by atoms with van der Waals surface area (Å²) in [6.45, 7) is 4.63. The van der Waals surface area contributed by atoms with E-state index in [0.717, 1.165) is 18.7 Å². The fourth-order valence-corrected chi connectivity index (χ4v) is 4.72. The Morgan fingerprint density at radius 1 is 1.42 bits per heavy atom. The molecule has 1 amide bonds. The van der Waals surface area contributed by atoms with Crippen LogP contribution in [0.2, 0.25) is 0 Å². The number of fused-ring (bicyclic) bond motifs is 5. The van der Waals surface area contributed by atoms with E-state index in [1.807, 2.05) is 11.0 Å². The van der Waals surface area contributed by atoms with Crippen molar-refractivity contribution in [1.82, 2.24) is 9.88 Å². The van der Waals surface area contributed by atoms with Crippen molar-refractivity contribution in [1.29, 1.82) is 0 Å². The molecule has 128 valence electrons. The Bertz CT molecular complexity index is 657. The average molecular weight is 328 g/mol. The van der Waals surface area contributed by atoms with Gasteiger partial charge in [0.1, 0.15) is 6.61 Å². The third kappa shape index (κ3) is 2.51. The van der Waals surface area contributed by atoms with Gasteiger partial charge in [0, 0.05) is 25.4 Å². The number of amides is 1. The zero-order valence-electron chi connectivity index (χ0n) is 14.3. The first-order chi connectivity index (χ1) is 11.6. The van der Waals surface area contributed by atoms with Crippen molar-refractivity contribution >= 4 is 5.91 Å². The van der Waals surface area contributed by atoms with Gasteiger partial charge in [-0.25, -0.2) is 4.98 Å². The molecule has 2 fully saturated rings. The molecule has 1 saturated carbocycles. The van der Waals surface area contributed by atoms with Gasteiger partial charge in [0.15, 0.2) is 0 Å². The van der Waals surface area contributed by atoms with E-state index in [-0.39, 0.29) is 17.9 Å². The molecule has 24 heavy (non-hydrogen) atoms. The number of rotatable bonds is 5. The molecule has 1 aromatic heterocycles. The molecule has 0 aromatic carbocycles. The molecule has 2 aliphatic carbocycles. The Labute approximate surface area is 142 Å². The van der Waals surface area contributed by atoms with Crippen molar-refractivity contribution < 1.29 is 14.3 Å². The fraction of sp³-hybridized carbons (Fsp3) is 0.579. The Morgan fingerprint density at radius 3 is 3.00 bits per heavy atom. The summed E-state index contributed by atoms with van der Waals surface area (Å²) in [4.78, 5) is 18.6. The van der Waals surface area contributed by atoms with Gasteiger partial charge in [-0.15, -0.1) is 0 Å². The molecule has 2 heterocycles. The van der Waals surface area contributed by atoms with Crippen LogP contribution >= 0.6 is 0 Å². The van der Waals surface area contributed by atoms with Crippen LogP contribution < -0.4 is 4.74 Å². The lowest BCUT2D eigenvalue weighted by Crippen LogP contribution is -2.35. The molecule has 3 aliphatic rings. The van der Waals surface area contributed by atoms with Crippen molar-refractivity contribution in [2.45, 2.75) is 20.0 Å². The number of likely N-dealkylation sites (tertiary alicyclic amines) is 1. The van der Waals surface area contributed by atoms with Crippen molar-refractivity contribution in [3.63, 3.8) is 0 Å². The lowest BCUT2D eigenvalue weighted by molar-refractivity contribution is -0.136. The molecule has 4 atom stereocenters. The minimum Gasteiger partial charge on any atom is -0.481 e. The van der Waals surface area contributed by atoms with Crippen LogP contribution in [-0.2, 0) is 16.1 Å². The van der Waals surface area contributed by atoms with E-state index in [2.05, 4.69) is 24.1 Å². The van der Waals surface area contributed by atoms with E-state index in [4.69, 9.17) is 9.47 Å². The first-order valence-electron chi connectivity index (χ1n) is 8.63. The number of hydrogen-bond donors (Lipinski definition) is 0. The SMILES string of the molecule is COc1ccc(COCC(=O)N2CC3[C@@H]4C=C[C@@H](C4)[C@]3(C)C2)cn1. The van der Waals surface area contributed by atoms with Gasteiger partial charge in [0.25, 0.3) is 0 Å². The number of carbonyl (C=O) groups excluding carboxylic acids is 1. The third-order valence-electron chi connectivity index (χ3n) is 6.13. The molecule has 0 radical (unpaired) electrons. The van der Waals surface area contributed by atoms with Crippen LogP contribution in [0, 0.1) is 23.2 Å². The van der Waals surface area contributed by atoms with Crippen molar-refractivity contribution in [3.05, 3.63) is 36.0 Å². The van der Waals surface area contributed by atoms with Gasteiger partial charge in [-0.1, -0.05) is 19.1 Å². The molecule has 1 aliphatic heterocycles. The molecule has 1 aromatic rings. The summed E-state index contributed by atoms with van der Waals surface area (Å²) in [6.07, 6.45) is 7.72. The lowest BCUT2D eigenvalue weighted by atomic mass is 9.72. The number of aromatic nitrogens is 1. The van der Waals surface area contributed by atoms with Crippen LogP contribution in [0.3, 0.4) is 0 Å². The maximum Gasteiger partial charge on any atom is 0.248 e. The number of ether oxygens (including phenoxy) is 2. The van der Waals surface area contributed by atoms with Crippen molar-refractivity contribution in [3.8, 4) is 5.88 Å². The summed E-state index contributed by atoms with van der Waals surface area (Å²) in [5, 5.41) is 0. The molecule has 4 rings (SSSR count). The highest BCUT2D eigenvalue weighted by Crippen LogP contribution is 2.59. The van der Waals surface area contributed by atoms with Gasteiger partial charge in [-0.2, -0.15) is 0 Å². The van der Waals surface area contributed by atoms with Crippen LogP contribution in [0.4, 0.5) is 0 Å². The highest BCUT2D eigenvalue weighted by Gasteiger charge is 2.57. The Kier molecular flexibility index (Phi) is 3.83. The third-order valence-corrected chi connectivity index (χ3v) is 6.13. The summed E-state index contributed by atoms with van der Waals surface area (Å²) in [7, 11) is 1.59. The molecule has 5 heteroatoms. The standard InChI is InChI=1S/C19H24N2O3/c1-19-12-21(9-16(19)14-4-5-15(19)7-14)18(22)11-24-10-13-3-6-17(23-2)20-8-13/h3-6,8,14-16H,7,9-12H2,1-2H3/t14-,15+,16?,19+/m1/s1. The average Bonchev–Trinajstić information content (AvgIpc) is 3.26. The Balaban J connectivity index is 1.28. The minimum atomic E-state index is 0.103. The van der Waals surface area contributed by atoms with Gasteiger partial charge >= 0.3 is 0 Å². The fourth-order valence-electron chi connectivity index (χ4n) is 4.72. The van der Waals surface area contributed by atoms with Crippen LogP contribution in [0.15, 0.2) is 30.5 Å². The maximum atomic E-state index is 12.5. The number of hydrogen-bond acceptors (Lipinski definition) is 4. The lowest BCUT2D eigenvalue weighted by Gasteiger charge is -2.31. The van der Waals surface area contributed by atoms with Gasteiger partial charge in [0.05, 0.1) is 13.7 Å². The van der Waals surface area contributed by atoms with Gasteiger partial charge in [0.2, 0.25) is 11.8 Å². The zero-order valence-corrected chi connectivity index (χ0v) is 14.3. The van der Waals surface area contributed by atoms with E-state index in [9.17, 15) is 4.79 Å². The largest absolute Gasteiger partial charge is 0.481 e. The van der Waals surface area contributed by atoms with Crippen LogP contribution in [0.25, 0.3) is 0 Å². The molecule has 1 unspecified atom stereocenters. The first-order valence-corrected chi connectivity index (χ1v) is 8.63. The number of methoxy groups -OCH3 is 1. The molecular weight excluding hydrogens is 304 g/mol. The number of carbonyl (C=O) groups is 1. The molecule has 5 nitrogen and oxygen atoms in total. The summed E-state index contributed by atoms with van der Waals surface area (Å²) in [5.41, 5.74) is 1.21. The summed E-state index contributed by atoms with van der Waals surface area (Å²) >= 11 is 0. The van der Waals surface area contributed by atoms with Crippen LogP contribution in [0.1, 0.15) is 18.9 Å². The second-order valence-electron chi connectivity index (χ2n) is 7.48.